The van der Waals surface area contributed by atoms with Gasteiger partial charge in [-0.1, -0.05) is 15.9 Å². The highest BCUT2D eigenvalue weighted by Gasteiger charge is 2.04. The summed E-state index contributed by atoms with van der Waals surface area (Å²) in [6.45, 7) is 0.966. The van der Waals surface area contributed by atoms with Gasteiger partial charge in [-0.25, -0.2) is 0 Å². The van der Waals surface area contributed by atoms with E-state index in [0.717, 1.165) is 16.5 Å². The second-order valence-electron chi connectivity index (χ2n) is 2.74. The lowest BCUT2D eigenvalue weighted by atomic mass is 10.3. The first-order chi connectivity index (χ1) is 6.33. The summed E-state index contributed by atoms with van der Waals surface area (Å²) >= 11 is 6.96. The van der Waals surface area contributed by atoms with Crippen molar-refractivity contribution >= 4 is 42.8 Å². The quantitative estimate of drug-likeness (QED) is 0.779. The third kappa shape index (κ3) is 1.65. The molecule has 4 heteroatoms. The molecule has 0 fully saturated rings. The molecule has 68 valence electrons. The molecule has 0 atom stereocenters. The molecule has 2 heterocycles. The fraction of sp³-hybridized carbons (Fsp3) is 0.222. The number of aromatic nitrogens is 2. The first-order valence-electron chi connectivity index (χ1n) is 3.97. The van der Waals surface area contributed by atoms with E-state index >= 15 is 0 Å². The minimum absolute atomic E-state index is 0.956. The molecule has 0 spiro atoms. The van der Waals surface area contributed by atoms with Crippen LogP contribution in [0.3, 0.4) is 0 Å². The van der Waals surface area contributed by atoms with Gasteiger partial charge in [0.15, 0.2) is 0 Å². The molecular weight excluding hydrogens is 296 g/mol. The fourth-order valence-corrected chi connectivity index (χ4v) is 2.36. The lowest BCUT2D eigenvalue weighted by Crippen LogP contribution is -1.98. The number of nitrogens with zero attached hydrogens (tertiary/aromatic N) is 2. The van der Waals surface area contributed by atoms with Gasteiger partial charge in [0.1, 0.15) is 0 Å². The third-order valence-corrected chi connectivity index (χ3v) is 2.97. The molecule has 2 nitrogen and oxygen atoms in total. The van der Waals surface area contributed by atoms with Crippen LogP contribution in [-0.4, -0.2) is 14.9 Å². The van der Waals surface area contributed by atoms with E-state index in [1.165, 1.54) is 10.9 Å². The Labute approximate surface area is 93.2 Å². The molecule has 0 aromatic carbocycles. The molecule has 0 aliphatic heterocycles. The molecule has 0 aliphatic carbocycles. The maximum atomic E-state index is 4.08. The van der Waals surface area contributed by atoms with Gasteiger partial charge in [0.05, 0.1) is 10.1 Å². The Bertz CT molecular complexity index is 422. The van der Waals surface area contributed by atoms with Crippen molar-refractivity contribution in [2.75, 3.05) is 5.33 Å². The number of fused-ring (bicyclic) bond motifs is 1. The average Bonchev–Trinajstić information content (AvgIpc) is 2.44. The summed E-state index contributed by atoms with van der Waals surface area (Å²) in [5, 5.41) is 2.13. The van der Waals surface area contributed by atoms with Gasteiger partial charge in [0.25, 0.3) is 0 Å². The predicted molar refractivity (Wildman–Crippen MR) is 61.2 cm³/mol. The van der Waals surface area contributed by atoms with Crippen molar-refractivity contribution in [2.45, 2.75) is 6.54 Å². The van der Waals surface area contributed by atoms with Crippen LogP contribution < -0.4 is 0 Å². The molecule has 0 radical (unpaired) electrons. The van der Waals surface area contributed by atoms with Crippen molar-refractivity contribution in [3.05, 3.63) is 29.1 Å². The molecule has 0 N–H and O–H groups in total. The number of hydrogen-bond donors (Lipinski definition) is 0. The zero-order valence-electron chi connectivity index (χ0n) is 6.87. The van der Waals surface area contributed by atoms with Gasteiger partial charge in [-0.2, -0.15) is 0 Å². The van der Waals surface area contributed by atoms with Crippen LogP contribution in [0.2, 0.25) is 0 Å². The Balaban J connectivity index is 2.64. The summed E-state index contributed by atoms with van der Waals surface area (Å²) in [5.41, 5.74) is 1.22. The van der Waals surface area contributed by atoms with E-state index < -0.39 is 0 Å². The first kappa shape index (κ1) is 9.21. The first-order valence-corrected chi connectivity index (χ1v) is 5.89. The van der Waals surface area contributed by atoms with Crippen LogP contribution in [0.5, 0.6) is 0 Å². The van der Waals surface area contributed by atoms with Crippen LogP contribution in [0.25, 0.3) is 10.9 Å². The molecule has 2 aromatic rings. The third-order valence-electron chi connectivity index (χ3n) is 1.96. The SMILES string of the molecule is BrCCn1c(Br)cc2cnccc21. The maximum Gasteiger partial charge on any atom is 0.0858 e. The van der Waals surface area contributed by atoms with E-state index in [0.29, 0.717) is 0 Å². The van der Waals surface area contributed by atoms with Crippen LogP contribution in [0.1, 0.15) is 0 Å². The number of halogens is 2. The molecule has 0 amide bonds. The molecule has 2 aromatic heterocycles. The van der Waals surface area contributed by atoms with Gasteiger partial charge in [-0.3, -0.25) is 4.98 Å². The summed E-state index contributed by atoms with van der Waals surface area (Å²) in [4.78, 5) is 4.08. The molecule has 0 bridgehead atoms. The standard InChI is InChI=1S/C9H8Br2N2/c10-2-4-13-8-1-3-12-6-7(8)5-9(13)11/h1,3,5-6H,2,4H2. The normalized spacial score (nSPS) is 10.9. The second kappa shape index (κ2) is 3.80. The highest BCUT2D eigenvalue weighted by atomic mass is 79.9. The van der Waals surface area contributed by atoms with Crippen molar-refractivity contribution in [1.82, 2.24) is 9.55 Å². The van der Waals surface area contributed by atoms with Gasteiger partial charge in [-0.05, 0) is 28.1 Å². The summed E-state index contributed by atoms with van der Waals surface area (Å²) in [6.07, 6.45) is 3.70. The number of pyridine rings is 1. The number of rotatable bonds is 2. The molecule has 0 aliphatic rings. The Kier molecular flexibility index (Phi) is 2.69. The average molecular weight is 304 g/mol. The van der Waals surface area contributed by atoms with E-state index in [1.54, 1.807) is 0 Å². The van der Waals surface area contributed by atoms with E-state index in [-0.39, 0.29) is 0 Å². The van der Waals surface area contributed by atoms with Crippen molar-refractivity contribution in [2.24, 2.45) is 0 Å². The highest BCUT2D eigenvalue weighted by Crippen LogP contribution is 2.22. The lowest BCUT2D eigenvalue weighted by Gasteiger charge is -2.03. The summed E-state index contributed by atoms with van der Waals surface area (Å²) in [6, 6.07) is 4.12. The van der Waals surface area contributed by atoms with Gasteiger partial charge in [0.2, 0.25) is 0 Å². The molecule has 0 unspecified atom stereocenters. The van der Waals surface area contributed by atoms with E-state index in [9.17, 15) is 0 Å². The van der Waals surface area contributed by atoms with Crippen molar-refractivity contribution in [3.63, 3.8) is 0 Å². The van der Waals surface area contributed by atoms with Gasteiger partial charge in [-0.15, -0.1) is 0 Å². The monoisotopic (exact) mass is 302 g/mol. The van der Waals surface area contributed by atoms with Gasteiger partial charge in [0, 0.05) is 29.7 Å². The van der Waals surface area contributed by atoms with E-state index in [2.05, 4.69) is 47.5 Å². The van der Waals surface area contributed by atoms with Crippen LogP contribution in [-0.2, 0) is 6.54 Å². The fourth-order valence-electron chi connectivity index (χ4n) is 1.39. The minimum Gasteiger partial charge on any atom is -0.334 e. The summed E-state index contributed by atoms with van der Waals surface area (Å²) in [7, 11) is 0. The molecular formula is C9H8Br2N2. The Morgan fingerprint density at radius 2 is 2.31 bits per heavy atom. The van der Waals surface area contributed by atoms with Crippen LogP contribution in [0.4, 0.5) is 0 Å². The van der Waals surface area contributed by atoms with Crippen molar-refractivity contribution in [1.29, 1.82) is 0 Å². The predicted octanol–water partition coefficient (Wildman–Crippen LogP) is 3.19. The van der Waals surface area contributed by atoms with Crippen LogP contribution >= 0.6 is 31.9 Å². The van der Waals surface area contributed by atoms with Crippen LogP contribution in [0.15, 0.2) is 29.1 Å². The van der Waals surface area contributed by atoms with Crippen molar-refractivity contribution in [3.8, 4) is 0 Å². The topological polar surface area (TPSA) is 17.8 Å². The van der Waals surface area contributed by atoms with E-state index in [4.69, 9.17) is 0 Å². The number of aryl methyl sites for hydroxylation is 1. The van der Waals surface area contributed by atoms with Gasteiger partial charge < -0.3 is 4.57 Å². The number of hydrogen-bond acceptors (Lipinski definition) is 1. The zero-order valence-corrected chi connectivity index (χ0v) is 10.0. The molecule has 13 heavy (non-hydrogen) atoms. The molecule has 0 saturated heterocycles. The summed E-state index contributed by atoms with van der Waals surface area (Å²) in [5.74, 6) is 0. The molecule has 2 rings (SSSR count). The Hall–Kier alpha value is -0.350. The minimum atomic E-state index is 0.956. The second-order valence-corrected chi connectivity index (χ2v) is 4.35. The lowest BCUT2D eigenvalue weighted by molar-refractivity contribution is 0.793. The van der Waals surface area contributed by atoms with E-state index in [1.807, 2.05) is 18.5 Å². The smallest absolute Gasteiger partial charge is 0.0858 e. The maximum absolute atomic E-state index is 4.08. The van der Waals surface area contributed by atoms with Gasteiger partial charge >= 0.3 is 0 Å². The molecule has 0 saturated carbocycles. The zero-order chi connectivity index (χ0) is 9.26. The van der Waals surface area contributed by atoms with Crippen LogP contribution in [0, 0.1) is 0 Å². The Morgan fingerprint density at radius 3 is 3.08 bits per heavy atom. The van der Waals surface area contributed by atoms with Crippen molar-refractivity contribution < 1.29 is 0 Å². The highest BCUT2D eigenvalue weighted by molar-refractivity contribution is 9.10. The largest absolute Gasteiger partial charge is 0.334 e. The summed E-state index contributed by atoms with van der Waals surface area (Å²) < 4.78 is 3.32. The Morgan fingerprint density at radius 1 is 1.46 bits per heavy atom. The number of alkyl halides is 1.